The Labute approximate surface area is 208 Å². The zero-order chi connectivity index (χ0) is 24.4. The lowest BCUT2D eigenvalue weighted by molar-refractivity contribution is 0.0601. The molecule has 0 fully saturated rings. The largest absolute Gasteiger partial charge is 0.489 e. The Morgan fingerprint density at radius 3 is 2.51 bits per heavy atom. The summed E-state index contributed by atoms with van der Waals surface area (Å²) >= 11 is 6.15. The standard InChI is InChI=1S/C29H22ClNO4/c1-34-29(33)26-16-21(10-13-27(26)30)20-7-5-6-19(14-20)18-35-24-11-12-25-22(15-24)17-31(28(25)32)23-8-3-2-4-9-23/h2-16H,17-18H2,1H3. The van der Waals surface area contributed by atoms with Crippen molar-refractivity contribution >= 4 is 29.2 Å². The number of fused-ring (bicyclic) bond motifs is 1. The number of amides is 1. The Morgan fingerprint density at radius 2 is 1.71 bits per heavy atom. The van der Waals surface area contributed by atoms with Gasteiger partial charge in [-0.05, 0) is 70.8 Å². The summed E-state index contributed by atoms with van der Waals surface area (Å²) in [7, 11) is 1.33. The maximum absolute atomic E-state index is 12.8. The quantitative estimate of drug-likeness (QED) is 0.292. The van der Waals surface area contributed by atoms with E-state index in [1.54, 1.807) is 17.0 Å². The van der Waals surface area contributed by atoms with Crippen LogP contribution in [0.2, 0.25) is 5.02 Å². The second-order valence-electron chi connectivity index (χ2n) is 8.22. The van der Waals surface area contributed by atoms with Crippen LogP contribution in [0.15, 0.2) is 91.0 Å². The highest BCUT2D eigenvalue weighted by atomic mass is 35.5. The molecule has 1 aliphatic rings. The van der Waals surface area contributed by atoms with Gasteiger partial charge in [0, 0.05) is 11.3 Å². The van der Waals surface area contributed by atoms with Crippen LogP contribution in [0.1, 0.15) is 31.8 Å². The number of carbonyl (C=O) groups is 2. The van der Waals surface area contributed by atoms with Crippen LogP contribution in [-0.4, -0.2) is 19.0 Å². The van der Waals surface area contributed by atoms with Crippen molar-refractivity contribution in [3.63, 3.8) is 0 Å². The van der Waals surface area contributed by atoms with Crippen molar-refractivity contribution in [1.82, 2.24) is 0 Å². The Hall–Kier alpha value is -4.09. The van der Waals surface area contributed by atoms with E-state index in [1.807, 2.05) is 78.9 Å². The maximum Gasteiger partial charge on any atom is 0.339 e. The van der Waals surface area contributed by atoms with E-state index < -0.39 is 5.97 Å². The molecule has 0 radical (unpaired) electrons. The minimum absolute atomic E-state index is 0.000241. The number of esters is 1. The summed E-state index contributed by atoms with van der Waals surface area (Å²) in [4.78, 5) is 26.6. The molecule has 0 spiro atoms. The summed E-state index contributed by atoms with van der Waals surface area (Å²) < 4.78 is 10.9. The molecule has 0 unspecified atom stereocenters. The summed E-state index contributed by atoms with van der Waals surface area (Å²) in [5.41, 5.74) is 5.62. The first kappa shape index (κ1) is 22.7. The molecule has 0 bridgehead atoms. The Kier molecular flexibility index (Phi) is 6.25. The fourth-order valence-corrected chi connectivity index (χ4v) is 4.38. The van der Waals surface area contributed by atoms with Crippen molar-refractivity contribution in [2.45, 2.75) is 13.2 Å². The minimum Gasteiger partial charge on any atom is -0.489 e. The van der Waals surface area contributed by atoms with E-state index in [2.05, 4.69) is 0 Å². The predicted molar refractivity (Wildman–Crippen MR) is 136 cm³/mol. The Balaban J connectivity index is 1.31. The van der Waals surface area contributed by atoms with E-state index in [9.17, 15) is 9.59 Å². The second-order valence-corrected chi connectivity index (χ2v) is 8.63. The number of carbonyl (C=O) groups excluding carboxylic acids is 2. The van der Waals surface area contributed by atoms with Crippen LogP contribution in [-0.2, 0) is 17.9 Å². The molecule has 5 rings (SSSR count). The zero-order valence-corrected chi connectivity index (χ0v) is 19.8. The number of ether oxygens (including phenoxy) is 2. The second kappa shape index (κ2) is 9.65. The zero-order valence-electron chi connectivity index (χ0n) is 19.0. The third-order valence-electron chi connectivity index (χ3n) is 5.99. The lowest BCUT2D eigenvalue weighted by atomic mass is 10.0. The highest BCUT2D eigenvalue weighted by Gasteiger charge is 2.28. The molecule has 0 saturated carbocycles. The van der Waals surface area contributed by atoms with Gasteiger partial charge in [0.15, 0.2) is 0 Å². The maximum atomic E-state index is 12.8. The van der Waals surface area contributed by atoms with Gasteiger partial charge in [0.25, 0.3) is 5.91 Å². The molecule has 0 N–H and O–H groups in total. The fourth-order valence-electron chi connectivity index (χ4n) is 4.18. The Bertz CT molecular complexity index is 1420. The van der Waals surface area contributed by atoms with E-state index in [0.29, 0.717) is 35.1 Å². The van der Waals surface area contributed by atoms with E-state index in [1.165, 1.54) is 7.11 Å². The topological polar surface area (TPSA) is 55.8 Å². The van der Waals surface area contributed by atoms with Crippen LogP contribution in [0.25, 0.3) is 11.1 Å². The number of nitrogens with zero attached hydrogens (tertiary/aromatic N) is 1. The number of hydrogen-bond donors (Lipinski definition) is 0. The average molecular weight is 484 g/mol. The molecule has 1 aliphatic heterocycles. The predicted octanol–water partition coefficient (Wildman–Crippen LogP) is 6.53. The molecule has 6 heteroatoms. The highest BCUT2D eigenvalue weighted by Crippen LogP contribution is 2.31. The molecule has 0 saturated heterocycles. The number of para-hydroxylation sites is 1. The lowest BCUT2D eigenvalue weighted by Crippen LogP contribution is -2.22. The monoisotopic (exact) mass is 483 g/mol. The summed E-state index contributed by atoms with van der Waals surface area (Å²) in [5.74, 6) is 0.230. The van der Waals surface area contributed by atoms with Gasteiger partial charge in [-0.15, -0.1) is 0 Å². The molecule has 1 amide bonds. The third-order valence-corrected chi connectivity index (χ3v) is 6.32. The van der Waals surface area contributed by atoms with Gasteiger partial charge in [-0.25, -0.2) is 4.79 Å². The number of rotatable bonds is 6. The molecule has 0 atom stereocenters. The molecule has 0 aromatic heterocycles. The number of benzene rings is 4. The van der Waals surface area contributed by atoms with Gasteiger partial charge in [-0.3, -0.25) is 4.79 Å². The van der Waals surface area contributed by atoms with Crippen LogP contribution >= 0.6 is 11.6 Å². The molecule has 0 aliphatic carbocycles. The van der Waals surface area contributed by atoms with Gasteiger partial charge < -0.3 is 14.4 Å². The summed E-state index contributed by atoms with van der Waals surface area (Å²) in [6.07, 6.45) is 0. The molecule has 5 nitrogen and oxygen atoms in total. The average Bonchev–Trinajstić information content (AvgIpc) is 3.23. The van der Waals surface area contributed by atoms with Crippen LogP contribution < -0.4 is 9.64 Å². The first-order valence-corrected chi connectivity index (χ1v) is 11.5. The van der Waals surface area contributed by atoms with Gasteiger partial charge in [0.05, 0.1) is 24.2 Å². The normalized spacial score (nSPS) is 12.4. The number of anilines is 1. The number of hydrogen-bond acceptors (Lipinski definition) is 4. The fraction of sp³-hybridized carbons (Fsp3) is 0.103. The van der Waals surface area contributed by atoms with E-state index in [0.717, 1.165) is 27.9 Å². The van der Waals surface area contributed by atoms with Crippen LogP contribution in [0.3, 0.4) is 0 Å². The molecule has 174 valence electrons. The Morgan fingerprint density at radius 1 is 0.914 bits per heavy atom. The van der Waals surface area contributed by atoms with Crippen LogP contribution in [0, 0.1) is 0 Å². The molecule has 1 heterocycles. The molecule has 35 heavy (non-hydrogen) atoms. The molecular weight excluding hydrogens is 462 g/mol. The van der Waals surface area contributed by atoms with Crippen LogP contribution in [0.4, 0.5) is 5.69 Å². The lowest BCUT2D eigenvalue weighted by Gasteiger charge is -2.15. The van der Waals surface area contributed by atoms with E-state index in [4.69, 9.17) is 21.1 Å². The van der Waals surface area contributed by atoms with Crippen molar-refractivity contribution in [2.75, 3.05) is 12.0 Å². The highest BCUT2D eigenvalue weighted by molar-refractivity contribution is 6.33. The van der Waals surface area contributed by atoms with Gasteiger partial charge in [0.2, 0.25) is 0 Å². The van der Waals surface area contributed by atoms with Gasteiger partial charge in [-0.1, -0.05) is 54.1 Å². The molecule has 4 aromatic carbocycles. The minimum atomic E-state index is -0.475. The molecule has 4 aromatic rings. The van der Waals surface area contributed by atoms with Gasteiger partial charge >= 0.3 is 5.97 Å². The molecular formula is C29H22ClNO4. The third kappa shape index (κ3) is 4.63. The van der Waals surface area contributed by atoms with Gasteiger partial charge in [-0.2, -0.15) is 0 Å². The van der Waals surface area contributed by atoms with Crippen molar-refractivity contribution in [3.05, 3.63) is 118 Å². The van der Waals surface area contributed by atoms with Crippen LogP contribution in [0.5, 0.6) is 5.75 Å². The van der Waals surface area contributed by atoms with E-state index >= 15 is 0 Å². The summed E-state index contributed by atoms with van der Waals surface area (Å²) in [6, 6.07) is 28.4. The number of methoxy groups -OCH3 is 1. The number of halogens is 1. The first-order chi connectivity index (χ1) is 17.0. The van der Waals surface area contributed by atoms with Gasteiger partial charge in [0.1, 0.15) is 12.4 Å². The van der Waals surface area contributed by atoms with Crippen molar-refractivity contribution < 1.29 is 19.1 Å². The SMILES string of the molecule is COC(=O)c1cc(-c2cccc(COc3ccc4c(c3)CN(c3ccccc3)C4=O)c2)ccc1Cl. The smallest absolute Gasteiger partial charge is 0.339 e. The summed E-state index contributed by atoms with van der Waals surface area (Å²) in [5, 5.41) is 0.348. The first-order valence-electron chi connectivity index (χ1n) is 11.1. The van der Waals surface area contributed by atoms with E-state index in [-0.39, 0.29) is 5.91 Å². The van der Waals surface area contributed by atoms with Crippen molar-refractivity contribution in [3.8, 4) is 16.9 Å². The van der Waals surface area contributed by atoms with Crippen molar-refractivity contribution in [2.24, 2.45) is 0 Å². The summed E-state index contributed by atoms with van der Waals surface area (Å²) in [6.45, 7) is 0.879. The van der Waals surface area contributed by atoms with Crippen molar-refractivity contribution in [1.29, 1.82) is 0 Å².